The number of ether oxygens (including phenoxy) is 2. The van der Waals surface area contributed by atoms with Gasteiger partial charge in [-0.05, 0) is 30.9 Å². The van der Waals surface area contributed by atoms with Gasteiger partial charge in [0.1, 0.15) is 0 Å². The zero-order valence-electron chi connectivity index (χ0n) is 12.5. The van der Waals surface area contributed by atoms with Gasteiger partial charge in [0.2, 0.25) is 0 Å². The highest BCUT2D eigenvalue weighted by Crippen LogP contribution is 2.40. The van der Waals surface area contributed by atoms with E-state index >= 15 is 0 Å². The minimum atomic E-state index is -0.0303. The van der Waals surface area contributed by atoms with Crippen molar-refractivity contribution in [3.8, 4) is 0 Å². The second-order valence-electron chi connectivity index (χ2n) is 6.63. The minimum Gasteiger partial charge on any atom is -0.378 e. The SMILES string of the molecule is NC1CCN(C2CCOC3(CCOC3)C2)c2ccccc21. The average Bonchev–Trinajstić information content (AvgIpc) is 2.96. The number of para-hydroxylation sites is 1. The Kier molecular flexibility index (Phi) is 3.40. The van der Waals surface area contributed by atoms with Crippen LogP contribution in [0.25, 0.3) is 0 Å². The first-order valence-electron chi connectivity index (χ1n) is 8.10. The van der Waals surface area contributed by atoms with E-state index in [2.05, 4.69) is 29.2 Å². The first-order chi connectivity index (χ1) is 10.3. The lowest BCUT2D eigenvalue weighted by Gasteiger charge is -2.46. The van der Waals surface area contributed by atoms with Gasteiger partial charge < -0.3 is 20.1 Å². The Morgan fingerprint density at radius 2 is 2.10 bits per heavy atom. The van der Waals surface area contributed by atoms with Crippen LogP contribution in [0.3, 0.4) is 0 Å². The van der Waals surface area contributed by atoms with E-state index in [0.29, 0.717) is 6.04 Å². The van der Waals surface area contributed by atoms with Crippen LogP contribution in [0, 0.1) is 0 Å². The summed E-state index contributed by atoms with van der Waals surface area (Å²) in [5.41, 5.74) is 8.88. The van der Waals surface area contributed by atoms with E-state index in [4.69, 9.17) is 15.2 Å². The van der Waals surface area contributed by atoms with Crippen LogP contribution in [0.4, 0.5) is 5.69 Å². The summed E-state index contributed by atoms with van der Waals surface area (Å²) in [6.07, 6.45) is 4.26. The second kappa shape index (κ2) is 5.27. The fourth-order valence-corrected chi connectivity index (χ4v) is 4.13. The molecule has 2 N–H and O–H groups in total. The lowest BCUT2D eigenvalue weighted by atomic mass is 9.86. The summed E-state index contributed by atoms with van der Waals surface area (Å²) in [5.74, 6) is 0. The maximum Gasteiger partial charge on any atom is 0.0956 e. The first kappa shape index (κ1) is 13.6. The molecule has 0 amide bonds. The Morgan fingerprint density at radius 1 is 1.19 bits per heavy atom. The van der Waals surface area contributed by atoms with Crippen molar-refractivity contribution in [3.05, 3.63) is 29.8 Å². The van der Waals surface area contributed by atoms with E-state index in [1.54, 1.807) is 0 Å². The number of fused-ring (bicyclic) bond motifs is 1. The standard InChI is InChI=1S/C17H24N2O2/c18-15-5-8-19(16-4-2-1-3-14(15)16)13-6-9-21-17(11-13)7-10-20-12-17/h1-4,13,15H,5-12,18H2. The molecule has 3 atom stereocenters. The summed E-state index contributed by atoms with van der Waals surface area (Å²) in [5, 5.41) is 0. The fourth-order valence-electron chi connectivity index (χ4n) is 4.13. The van der Waals surface area contributed by atoms with Crippen molar-refractivity contribution in [1.29, 1.82) is 0 Å². The smallest absolute Gasteiger partial charge is 0.0956 e. The third kappa shape index (κ3) is 2.35. The van der Waals surface area contributed by atoms with Gasteiger partial charge in [0.25, 0.3) is 0 Å². The molecule has 2 saturated heterocycles. The summed E-state index contributed by atoms with van der Waals surface area (Å²) in [7, 11) is 0. The van der Waals surface area contributed by atoms with Gasteiger partial charge in [-0.1, -0.05) is 18.2 Å². The number of hydrogen-bond donors (Lipinski definition) is 1. The van der Waals surface area contributed by atoms with Crippen LogP contribution in [0.5, 0.6) is 0 Å². The number of anilines is 1. The normalized spacial score (nSPS) is 36.0. The van der Waals surface area contributed by atoms with Crippen LogP contribution >= 0.6 is 0 Å². The summed E-state index contributed by atoms with van der Waals surface area (Å²) in [6.45, 7) is 3.51. The van der Waals surface area contributed by atoms with Crippen LogP contribution in [0.1, 0.15) is 37.3 Å². The topological polar surface area (TPSA) is 47.7 Å². The molecule has 1 spiro atoms. The largest absolute Gasteiger partial charge is 0.378 e. The molecule has 114 valence electrons. The van der Waals surface area contributed by atoms with Crippen molar-refractivity contribution in [1.82, 2.24) is 0 Å². The van der Waals surface area contributed by atoms with Crippen LogP contribution in [0.15, 0.2) is 24.3 Å². The molecular formula is C17H24N2O2. The van der Waals surface area contributed by atoms with Crippen molar-refractivity contribution in [2.45, 2.75) is 43.4 Å². The molecule has 4 heteroatoms. The molecule has 21 heavy (non-hydrogen) atoms. The molecule has 0 aromatic heterocycles. The van der Waals surface area contributed by atoms with Gasteiger partial charge >= 0.3 is 0 Å². The van der Waals surface area contributed by atoms with Gasteiger partial charge in [0.05, 0.1) is 12.2 Å². The number of rotatable bonds is 1. The average molecular weight is 288 g/mol. The Labute approximate surface area is 126 Å². The zero-order chi connectivity index (χ0) is 14.3. The van der Waals surface area contributed by atoms with Crippen LogP contribution in [-0.2, 0) is 9.47 Å². The van der Waals surface area contributed by atoms with E-state index in [-0.39, 0.29) is 11.6 Å². The van der Waals surface area contributed by atoms with E-state index in [1.165, 1.54) is 11.3 Å². The van der Waals surface area contributed by atoms with E-state index in [0.717, 1.165) is 52.0 Å². The summed E-state index contributed by atoms with van der Waals surface area (Å²) >= 11 is 0. The van der Waals surface area contributed by atoms with Crippen LogP contribution in [0.2, 0.25) is 0 Å². The van der Waals surface area contributed by atoms with E-state index in [9.17, 15) is 0 Å². The number of nitrogens with zero attached hydrogens (tertiary/aromatic N) is 1. The highest BCUT2D eigenvalue weighted by Gasteiger charge is 2.43. The zero-order valence-corrected chi connectivity index (χ0v) is 12.5. The molecule has 4 nitrogen and oxygen atoms in total. The van der Waals surface area contributed by atoms with Crippen LogP contribution in [-0.4, -0.2) is 38.0 Å². The summed E-state index contributed by atoms with van der Waals surface area (Å²) in [6, 6.07) is 9.35. The monoisotopic (exact) mass is 288 g/mol. The van der Waals surface area contributed by atoms with E-state index < -0.39 is 0 Å². The van der Waals surface area contributed by atoms with Gasteiger partial charge in [-0.25, -0.2) is 0 Å². The highest BCUT2D eigenvalue weighted by atomic mass is 16.6. The molecule has 0 aliphatic carbocycles. The van der Waals surface area contributed by atoms with Gasteiger partial charge in [0.15, 0.2) is 0 Å². The minimum absolute atomic E-state index is 0.0303. The molecule has 1 aromatic carbocycles. The number of benzene rings is 1. The highest BCUT2D eigenvalue weighted by molar-refractivity contribution is 5.57. The second-order valence-corrected chi connectivity index (χ2v) is 6.63. The number of nitrogens with two attached hydrogens (primary N) is 1. The molecule has 3 aliphatic rings. The Morgan fingerprint density at radius 3 is 2.95 bits per heavy atom. The molecule has 1 aromatic rings. The predicted octanol–water partition coefficient (Wildman–Crippen LogP) is 2.23. The lowest BCUT2D eigenvalue weighted by molar-refractivity contribution is -0.0860. The molecule has 3 aliphatic heterocycles. The Hall–Kier alpha value is -1.10. The van der Waals surface area contributed by atoms with Gasteiger partial charge in [0, 0.05) is 44.0 Å². The maximum absolute atomic E-state index is 6.28. The molecule has 0 saturated carbocycles. The van der Waals surface area contributed by atoms with Crippen molar-refractivity contribution >= 4 is 5.69 Å². The third-order valence-corrected chi connectivity index (χ3v) is 5.30. The molecule has 0 bridgehead atoms. The molecule has 3 unspecified atom stereocenters. The molecular weight excluding hydrogens is 264 g/mol. The van der Waals surface area contributed by atoms with Crippen molar-refractivity contribution in [3.63, 3.8) is 0 Å². The maximum atomic E-state index is 6.28. The number of hydrogen-bond acceptors (Lipinski definition) is 4. The fraction of sp³-hybridized carbons (Fsp3) is 0.647. The van der Waals surface area contributed by atoms with Gasteiger partial charge in [-0.3, -0.25) is 0 Å². The molecule has 4 rings (SSSR count). The third-order valence-electron chi connectivity index (χ3n) is 5.30. The quantitative estimate of drug-likeness (QED) is 0.861. The summed E-state index contributed by atoms with van der Waals surface area (Å²) < 4.78 is 11.7. The first-order valence-corrected chi connectivity index (χ1v) is 8.10. The Bertz CT molecular complexity index is 513. The van der Waals surface area contributed by atoms with Gasteiger partial charge in [-0.15, -0.1) is 0 Å². The van der Waals surface area contributed by atoms with E-state index in [1.807, 2.05) is 0 Å². The van der Waals surface area contributed by atoms with Crippen LogP contribution < -0.4 is 10.6 Å². The lowest BCUT2D eigenvalue weighted by Crippen LogP contribution is -2.51. The molecule has 0 radical (unpaired) electrons. The van der Waals surface area contributed by atoms with Crippen molar-refractivity contribution in [2.24, 2.45) is 5.73 Å². The molecule has 3 heterocycles. The van der Waals surface area contributed by atoms with Gasteiger partial charge in [-0.2, -0.15) is 0 Å². The Balaban J connectivity index is 1.60. The van der Waals surface area contributed by atoms with Crippen molar-refractivity contribution in [2.75, 3.05) is 31.3 Å². The predicted molar refractivity (Wildman–Crippen MR) is 82.5 cm³/mol. The molecule has 2 fully saturated rings. The van der Waals surface area contributed by atoms with Crippen molar-refractivity contribution < 1.29 is 9.47 Å². The summed E-state index contributed by atoms with van der Waals surface area (Å²) in [4.78, 5) is 2.57.